The number of rotatable bonds is 3. The first-order valence-corrected chi connectivity index (χ1v) is 7.48. The summed E-state index contributed by atoms with van der Waals surface area (Å²) in [6.45, 7) is 2.87. The predicted molar refractivity (Wildman–Crippen MR) is 70.8 cm³/mol. The monoisotopic (exact) mass is 272 g/mol. The van der Waals surface area contributed by atoms with Gasteiger partial charge < -0.3 is 14.9 Å². The molecule has 5 nitrogen and oxygen atoms in total. The summed E-state index contributed by atoms with van der Waals surface area (Å²) in [4.78, 5) is 26.6. The quantitative estimate of drug-likeness (QED) is 0.838. The second kappa shape index (κ2) is 5.38. The summed E-state index contributed by atoms with van der Waals surface area (Å²) in [6.07, 6.45) is 1.07. The normalized spacial score (nSPS) is 25.7. The molecule has 0 aromatic rings. The number of carbonyl (C=O) groups excluding carboxylic acids is 1. The van der Waals surface area contributed by atoms with Crippen LogP contribution in [0.4, 0.5) is 4.79 Å². The van der Waals surface area contributed by atoms with Gasteiger partial charge in [0.1, 0.15) is 0 Å². The Hall–Kier alpha value is -0.910. The summed E-state index contributed by atoms with van der Waals surface area (Å²) in [6, 6.07) is 0.398. The second-order valence-corrected chi connectivity index (χ2v) is 6.35. The number of nitrogens with zero attached hydrogens (tertiary/aromatic N) is 2. The average Bonchev–Trinajstić information content (AvgIpc) is 2.78. The number of aliphatic carboxylic acids is 1. The standard InChI is InChI=1S/C12H20N2O3S/c1-8(11(15)16)9-5-14(6-9)12(17)13(2)10-3-4-18-7-10/h8-10H,3-7H2,1-2H3,(H,15,16). The summed E-state index contributed by atoms with van der Waals surface area (Å²) in [5.74, 6) is 1.12. The zero-order valence-electron chi connectivity index (χ0n) is 10.8. The van der Waals surface area contributed by atoms with Crippen molar-refractivity contribution in [2.45, 2.75) is 19.4 Å². The minimum absolute atomic E-state index is 0.0522. The smallest absolute Gasteiger partial charge is 0.320 e. The van der Waals surface area contributed by atoms with Crippen LogP contribution in [0.3, 0.4) is 0 Å². The molecule has 2 aliphatic rings. The Bertz CT molecular complexity index is 338. The number of carbonyl (C=O) groups is 2. The molecule has 0 saturated carbocycles. The molecule has 2 amide bonds. The first-order chi connectivity index (χ1) is 8.50. The van der Waals surface area contributed by atoms with Gasteiger partial charge in [0.2, 0.25) is 0 Å². The minimum Gasteiger partial charge on any atom is -0.481 e. The molecule has 0 aromatic heterocycles. The third kappa shape index (κ3) is 2.58. The van der Waals surface area contributed by atoms with Crippen LogP contribution >= 0.6 is 11.8 Å². The summed E-state index contributed by atoms with van der Waals surface area (Å²) in [5, 5.41) is 8.91. The number of urea groups is 1. The maximum absolute atomic E-state index is 12.1. The molecule has 2 aliphatic heterocycles. The summed E-state index contributed by atoms with van der Waals surface area (Å²) < 4.78 is 0. The molecule has 2 heterocycles. The molecule has 1 N–H and O–H groups in total. The van der Waals surface area contributed by atoms with E-state index in [2.05, 4.69) is 0 Å². The largest absolute Gasteiger partial charge is 0.481 e. The number of hydrogen-bond donors (Lipinski definition) is 1. The Kier molecular flexibility index (Phi) is 4.04. The molecule has 0 radical (unpaired) electrons. The fourth-order valence-corrected chi connectivity index (χ4v) is 3.66. The van der Waals surface area contributed by atoms with Gasteiger partial charge in [0.15, 0.2) is 0 Å². The highest BCUT2D eigenvalue weighted by Gasteiger charge is 2.39. The van der Waals surface area contributed by atoms with Crippen LogP contribution < -0.4 is 0 Å². The van der Waals surface area contributed by atoms with E-state index in [9.17, 15) is 9.59 Å². The Morgan fingerprint density at radius 3 is 2.61 bits per heavy atom. The Labute approximate surface area is 112 Å². The lowest BCUT2D eigenvalue weighted by Gasteiger charge is -2.43. The zero-order valence-corrected chi connectivity index (χ0v) is 11.7. The molecule has 0 aliphatic carbocycles. The van der Waals surface area contributed by atoms with Gasteiger partial charge in [0.25, 0.3) is 0 Å². The lowest BCUT2D eigenvalue weighted by atomic mass is 9.87. The van der Waals surface area contributed by atoms with Crippen molar-refractivity contribution in [2.75, 3.05) is 31.6 Å². The van der Waals surface area contributed by atoms with Crippen molar-refractivity contribution in [2.24, 2.45) is 11.8 Å². The fourth-order valence-electron chi connectivity index (χ4n) is 2.39. The summed E-state index contributed by atoms with van der Waals surface area (Å²) in [7, 11) is 1.85. The van der Waals surface area contributed by atoms with Crippen molar-refractivity contribution in [1.82, 2.24) is 9.80 Å². The van der Waals surface area contributed by atoms with Gasteiger partial charge >= 0.3 is 12.0 Å². The number of carboxylic acid groups (broad SMARTS) is 1. The molecule has 2 unspecified atom stereocenters. The lowest BCUT2D eigenvalue weighted by Crippen LogP contribution is -2.58. The van der Waals surface area contributed by atoms with Gasteiger partial charge in [0.05, 0.1) is 5.92 Å². The third-order valence-electron chi connectivity index (χ3n) is 4.03. The van der Waals surface area contributed by atoms with Gasteiger partial charge in [0, 0.05) is 37.8 Å². The predicted octanol–water partition coefficient (Wildman–Crippen LogP) is 1.20. The van der Waals surface area contributed by atoms with Crippen LogP contribution in [-0.2, 0) is 4.79 Å². The van der Waals surface area contributed by atoms with E-state index >= 15 is 0 Å². The Balaban J connectivity index is 1.80. The molecule has 2 saturated heterocycles. The van der Waals surface area contributed by atoms with E-state index in [0.29, 0.717) is 19.1 Å². The van der Waals surface area contributed by atoms with Crippen LogP contribution in [0, 0.1) is 11.8 Å². The molecule has 18 heavy (non-hydrogen) atoms. The SMILES string of the molecule is CC(C(=O)O)C1CN(C(=O)N(C)C2CCSC2)C1. The molecule has 0 bridgehead atoms. The van der Waals surface area contributed by atoms with Crippen molar-refractivity contribution in [3.05, 3.63) is 0 Å². The fraction of sp³-hybridized carbons (Fsp3) is 0.833. The molecular weight excluding hydrogens is 252 g/mol. The summed E-state index contributed by atoms with van der Waals surface area (Å²) in [5.41, 5.74) is 0. The van der Waals surface area contributed by atoms with E-state index in [1.54, 1.807) is 11.8 Å². The van der Waals surface area contributed by atoms with Crippen molar-refractivity contribution in [1.29, 1.82) is 0 Å². The van der Waals surface area contributed by atoms with Crippen molar-refractivity contribution in [3.8, 4) is 0 Å². The van der Waals surface area contributed by atoms with Gasteiger partial charge in [-0.15, -0.1) is 0 Å². The first kappa shape index (κ1) is 13.5. The van der Waals surface area contributed by atoms with Crippen molar-refractivity contribution in [3.63, 3.8) is 0 Å². The third-order valence-corrected chi connectivity index (χ3v) is 5.18. The van der Waals surface area contributed by atoms with E-state index in [0.717, 1.165) is 17.9 Å². The number of carboxylic acids is 1. The van der Waals surface area contributed by atoms with E-state index in [1.807, 2.05) is 23.7 Å². The van der Waals surface area contributed by atoms with Crippen LogP contribution in [0.2, 0.25) is 0 Å². The van der Waals surface area contributed by atoms with Crippen molar-refractivity contribution >= 4 is 23.8 Å². The zero-order chi connectivity index (χ0) is 13.3. The molecule has 0 spiro atoms. The maximum Gasteiger partial charge on any atom is 0.320 e. The van der Waals surface area contributed by atoms with E-state index in [4.69, 9.17) is 5.11 Å². The van der Waals surface area contributed by atoms with Gasteiger partial charge in [-0.25, -0.2) is 4.79 Å². The van der Waals surface area contributed by atoms with Crippen molar-refractivity contribution < 1.29 is 14.7 Å². The van der Waals surface area contributed by atoms with Crippen LogP contribution in [0.25, 0.3) is 0 Å². The highest BCUT2D eigenvalue weighted by atomic mass is 32.2. The van der Waals surface area contributed by atoms with Gasteiger partial charge in [-0.3, -0.25) is 4.79 Å². The van der Waals surface area contributed by atoms with Gasteiger partial charge in [-0.2, -0.15) is 11.8 Å². The Morgan fingerprint density at radius 1 is 1.44 bits per heavy atom. The van der Waals surface area contributed by atoms with Gasteiger partial charge in [-0.05, 0) is 12.2 Å². The van der Waals surface area contributed by atoms with E-state index < -0.39 is 5.97 Å². The molecule has 2 rings (SSSR count). The molecule has 2 fully saturated rings. The number of hydrogen-bond acceptors (Lipinski definition) is 3. The second-order valence-electron chi connectivity index (χ2n) is 5.20. The highest BCUT2D eigenvalue weighted by Crippen LogP contribution is 2.27. The maximum atomic E-state index is 12.1. The molecule has 0 aromatic carbocycles. The Morgan fingerprint density at radius 2 is 2.11 bits per heavy atom. The minimum atomic E-state index is -0.771. The van der Waals surface area contributed by atoms with Gasteiger partial charge in [-0.1, -0.05) is 6.92 Å². The topological polar surface area (TPSA) is 60.9 Å². The number of amides is 2. The van der Waals surface area contributed by atoms with Crippen LogP contribution in [-0.4, -0.2) is 64.6 Å². The number of thioether (sulfide) groups is 1. The molecule has 102 valence electrons. The van der Waals surface area contributed by atoms with Crippen LogP contribution in [0.15, 0.2) is 0 Å². The number of likely N-dealkylation sites (tertiary alicyclic amines) is 1. The van der Waals surface area contributed by atoms with E-state index in [-0.39, 0.29) is 17.9 Å². The lowest BCUT2D eigenvalue weighted by molar-refractivity contribution is -0.144. The first-order valence-electron chi connectivity index (χ1n) is 6.33. The molecular formula is C12H20N2O3S. The van der Waals surface area contributed by atoms with Crippen LogP contribution in [0.5, 0.6) is 0 Å². The molecule has 6 heteroatoms. The van der Waals surface area contributed by atoms with E-state index in [1.165, 1.54) is 0 Å². The summed E-state index contributed by atoms with van der Waals surface area (Å²) >= 11 is 1.88. The van der Waals surface area contributed by atoms with Crippen LogP contribution in [0.1, 0.15) is 13.3 Å². The molecule has 2 atom stereocenters. The highest BCUT2D eigenvalue weighted by molar-refractivity contribution is 7.99. The average molecular weight is 272 g/mol.